The number of anilines is 1. The Hall–Kier alpha value is -1.56. The summed E-state index contributed by atoms with van der Waals surface area (Å²) in [5.74, 6) is -0.132. The molecular formula is C14H19N3O2S. The Balaban J connectivity index is 2.07. The SMILES string of the molecule is CC[C@@H](C)NC(=O)C[C@H]1Sc2ncccc2N(C)C1=O. The maximum absolute atomic E-state index is 12.3. The molecule has 108 valence electrons. The van der Waals surface area contributed by atoms with Crippen LogP contribution in [0.15, 0.2) is 23.4 Å². The predicted octanol–water partition coefficient (Wildman–Crippen LogP) is 1.82. The third kappa shape index (κ3) is 3.12. The lowest BCUT2D eigenvalue weighted by molar-refractivity contribution is -0.125. The fourth-order valence-corrected chi connectivity index (χ4v) is 3.19. The minimum Gasteiger partial charge on any atom is -0.354 e. The minimum atomic E-state index is -0.397. The van der Waals surface area contributed by atoms with Crippen LogP contribution < -0.4 is 10.2 Å². The number of fused-ring (bicyclic) bond motifs is 1. The molecule has 2 amide bonds. The van der Waals surface area contributed by atoms with E-state index in [1.807, 2.05) is 19.9 Å². The first-order valence-corrected chi connectivity index (χ1v) is 7.59. The molecule has 0 radical (unpaired) electrons. The number of nitrogens with zero attached hydrogens (tertiary/aromatic N) is 2. The molecule has 1 aromatic rings. The van der Waals surface area contributed by atoms with Crippen molar-refractivity contribution < 1.29 is 9.59 Å². The number of hydrogen-bond donors (Lipinski definition) is 1. The highest BCUT2D eigenvalue weighted by Crippen LogP contribution is 2.37. The number of rotatable bonds is 4. The summed E-state index contributed by atoms with van der Waals surface area (Å²) in [5, 5.41) is 3.30. The number of aromatic nitrogens is 1. The van der Waals surface area contributed by atoms with Crippen molar-refractivity contribution in [3.63, 3.8) is 0 Å². The predicted molar refractivity (Wildman–Crippen MR) is 79.8 cm³/mol. The van der Waals surface area contributed by atoms with E-state index < -0.39 is 5.25 Å². The quantitative estimate of drug-likeness (QED) is 0.920. The van der Waals surface area contributed by atoms with Crippen molar-refractivity contribution >= 4 is 29.3 Å². The average Bonchev–Trinajstić information content (AvgIpc) is 2.44. The maximum Gasteiger partial charge on any atom is 0.240 e. The van der Waals surface area contributed by atoms with Crippen LogP contribution in [0.1, 0.15) is 26.7 Å². The van der Waals surface area contributed by atoms with Gasteiger partial charge in [-0.1, -0.05) is 18.7 Å². The number of carbonyl (C=O) groups is 2. The van der Waals surface area contributed by atoms with Crippen LogP contribution in [0.2, 0.25) is 0 Å². The molecule has 0 spiro atoms. The first-order chi connectivity index (χ1) is 9.52. The van der Waals surface area contributed by atoms with Crippen LogP contribution in [-0.2, 0) is 9.59 Å². The van der Waals surface area contributed by atoms with E-state index in [0.717, 1.165) is 17.1 Å². The van der Waals surface area contributed by atoms with E-state index in [9.17, 15) is 9.59 Å². The van der Waals surface area contributed by atoms with Gasteiger partial charge in [-0.25, -0.2) is 4.98 Å². The molecule has 0 saturated carbocycles. The van der Waals surface area contributed by atoms with Gasteiger partial charge >= 0.3 is 0 Å². The molecule has 6 heteroatoms. The summed E-state index contributed by atoms with van der Waals surface area (Å²) in [6.45, 7) is 3.97. The van der Waals surface area contributed by atoms with Crippen molar-refractivity contribution in [2.45, 2.75) is 43.0 Å². The Kier molecular flexibility index (Phi) is 4.65. The van der Waals surface area contributed by atoms with Crippen LogP contribution in [-0.4, -0.2) is 35.1 Å². The summed E-state index contributed by atoms with van der Waals surface area (Å²) in [7, 11) is 1.72. The Labute approximate surface area is 123 Å². The lowest BCUT2D eigenvalue weighted by Gasteiger charge is -2.29. The smallest absolute Gasteiger partial charge is 0.240 e. The van der Waals surface area contributed by atoms with Gasteiger partial charge in [-0.3, -0.25) is 9.59 Å². The summed E-state index contributed by atoms with van der Waals surface area (Å²) in [4.78, 5) is 30.1. The zero-order valence-corrected chi connectivity index (χ0v) is 12.7. The first kappa shape index (κ1) is 14.8. The van der Waals surface area contributed by atoms with Gasteiger partial charge in [0.15, 0.2) is 0 Å². The molecule has 1 N–H and O–H groups in total. The zero-order chi connectivity index (χ0) is 14.7. The fraction of sp³-hybridized carbons (Fsp3) is 0.500. The molecule has 1 aromatic heterocycles. The second-order valence-electron chi connectivity index (χ2n) is 4.91. The summed E-state index contributed by atoms with van der Waals surface area (Å²) in [6, 6.07) is 3.80. The molecule has 0 fully saturated rings. The zero-order valence-electron chi connectivity index (χ0n) is 11.9. The van der Waals surface area contributed by atoms with E-state index in [0.29, 0.717) is 0 Å². The van der Waals surface area contributed by atoms with E-state index in [4.69, 9.17) is 0 Å². The number of nitrogens with one attached hydrogen (secondary N) is 1. The third-order valence-corrected chi connectivity index (χ3v) is 4.55. The third-order valence-electron chi connectivity index (χ3n) is 3.36. The lowest BCUT2D eigenvalue weighted by atomic mass is 10.2. The molecule has 2 rings (SSSR count). The molecule has 5 nitrogen and oxygen atoms in total. The van der Waals surface area contributed by atoms with Crippen molar-refractivity contribution in [3.8, 4) is 0 Å². The molecule has 0 unspecified atom stereocenters. The van der Waals surface area contributed by atoms with Gasteiger partial charge in [-0.15, -0.1) is 0 Å². The standard InChI is InChI=1S/C14H19N3O2S/c1-4-9(2)16-12(18)8-11-14(19)17(3)10-6-5-7-15-13(10)20-11/h5-7,9,11H,4,8H2,1-3H3,(H,16,18)/t9-,11-/m1/s1. The Morgan fingerprint density at radius 1 is 1.60 bits per heavy atom. The van der Waals surface area contributed by atoms with Crippen molar-refractivity contribution in [2.24, 2.45) is 0 Å². The van der Waals surface area contributed by atoms with Crippen LogP contribution in [0, 0.1) is 0 Å². The van der Waals surface area contributed by atoms with E-state index >= 15 is 0 Å². The summed E-state index contributed by atoms with van der Waals surface area (Å²) in [6.07, 6.45) is 2.77. The molecular weight excluding hydrogens is 274 g/mol. The molecule has 0 aliphatic carbocycles. The molecule has 20 heavy (non-hydrogen) atoms. The lowest BCUT2D eigenvalue weighted by Crippen LogP contribution is -2.42. The molecule has 2 heterocycles. The van der Waals surface area contributed by atoms with Gasteiger partial charge in [0.2, 0.25) is 11.8 Å². The van der Waals surface area contributed by atoms with Crippen molar-refractivity contribution in [1.29, 1.82) is 0 Å². The van der Waals surface area contributed by atoms with E-state index in [2.05, 4.69) is 10.3 Å². The van der Waals surface area contributed by atoms with Gasteiger partial charge in [-0.05, 0) is 25.5 Å². The highest BCUT2D eigenvalue weighted by atomic mass is 32.2. The van der Waals surface area contributed by atoms with Crippen LogP contribution in [0.5, 0.6) is 0 Å². The molecule has 1 aliphatic heterocycles. The summed E-state index contributed by atoms with van der Waals surface area (Å²) in [5.41, 5.74) is 0.807. The van der Waals surface area contributed by atoms with Gasteiger partial charge in [0.25, 0.3) is 0 Å². The monoisotopic (exact) mass is 293 g/mol. The van der Waals surface area contributed by atoms with Gasteiger partial charge in [-0.2, -0.15) is 0 Å². The van der Waals surface area contributed by atoms with Gasteiger partial charge in [0, 0.05) is 25.7 Å². The van der Waals surface area contributed by atoms with Crippen molar-refractivity contribution in [3.05, 3.63) is 18.3 Å². The molecule has 0 aromatic carbocycles. The Morgan fingerprint density at radius 2 is 2.35 bits per heavy atom. The number of pyridine rings is 1. The fourth-order valence-electron chi connectivity index (χ4n) is 1.98. The maximum atomic E-state index is 12.3. The van der Waals surface area contributed by atoms with Crippen LogP contribution in [0.25, 0.3) is 0 Å². The average molecular weight is 293 g/mol. The van der Waals surface area contributed by atoms with Gasteiger partial charge in [0.05, 0.1) is 10.9 Å². The summed E-state index contributed by atoms with van der Waals surface area (Å²) < 4.78 is 0. The normalized spacial score (nSPS) is 19.4. The molecule has 1 aliphatic rings. The van der Waals surface area contributed by atoms with E-state index in [1.165, 1.54) is 11.8 Å². The van der Waals surface area contributed by atoms with Crippen molar-refractivity contribution in [1.82, 2.24) is 10.3 Å². The van der Waals surface area contributed by atoms with Crippen LogP contribution in [0.3, 0.4) is 0 Å². The largest absolute Gasteiger partial charge is 0.354 e. The number of thioether (sulfide) groups is 1. The van der Waals surface area contributed by atoms with Crippen molar-refractivity contribution in [2.75, 3.05) is 11.9 Å². The van der Waals surface area contributed by atoms with Crippen LogP contribution >= 0.6 is 11.8 Å². The highest BCUT2D eigenvalue weighted by Gasteiger charge is 2.33. The minimum absolute atomic E-state index is 0.0465. The number of amides is 2. The van der Waals surface area contributed by atoms with Gasteiger partial charge in [0.1, 0.15) is 5.03 Å². The number of carbonyl (C=O) groups excluding carboxylic acids is 2. The second-order valence-corrected chi connectivity index (χ2v) is 6.10. The van der Waals surface area contributed by atoms with Gasteiger partial charge < -0.3 is 10.2 Å². The molecule has 0 bridgehead atoms. The molecule has 0 saturated heterocycles. The topological polar surface area (TPSA) is 62.3 Å². The number of hydrogen-bond acceptors (Lipinski definition) is 4. The summed E-state index contributed by atoms with van der Waals surface area (Å²) >= 11 is 1.37. The van der Waals surface area contributed by atoms with Crippen LogP contribution in [0.4, 0.5) is 5.69 Å². The Bertz CT molecular complexity index is 521. The Morgan fingerprint density at radius 3 is 3.05 bits per heavy atom. The molecule has 2 atom stereocenters. The first-order valence-electron chi connectivity index (χ1n) is 6.71. The van der Waals surface area contributed by atoms with E-state index in [-0.39, 0.29) is 24.3 Å². The highest BCUT2D eigenvalue weighted by molar-refractivity contribution is 8.00. The second kappa shape index (κ2) is 6.26. The van der Waals surface area contributed by atoms with E-state index in [1.54, 1.807) is 24.2 Å².